The molecule has 1 fully saturated rings. The summed E-state index contributed by atoms with van der Waals surface area (Å²) in [5.41, 5.74) is 1.49. The number of carbonyl (C=O) groups excluding carboxylic acids is 2. The van der Waals surface area contributed by atoms with Crippen molar-refractivity contribution in [3.8, 4) is 5.75 Å². The summed E-state index contributed by atoms with van der Waals surface area (Å²) in [6, 6.07) is 13.9. The number of sulfonamides is 1. The van der Waals surface area contributed by atoms with Gasteiger partial charge in [-0.3, -0.25) is 9.59 Å². The third-order valence-corrected chi connectivity index (χ3v) is 7.85. The molecule has 9 heteroatoms. The average Bonchev–Trinajstić information content (AvgIpc) is 2.85. The third kappa shape index (κ3) is 6.82. The molecule has 190 valence electrons. The van der Waals surface area contributed by atoms with E-state index in [9.17, 15) is 18.0 Å². The fraction of sp³-hybridized carbons (Fsp3) is 0.462. The van der Waals surface area contributed by atoms with Gasteiger partial charge in [-0.15, -0.1) is 0 Å². The van der Waals surface area contributed by atoms with Crippen LogP contribution in [0.3, 0.4) is 0 Å². The molecule has 0 radical (unpaired) electrons. The minimum Gasteiger partial charge on any atom is -0.494 e. The zero-order valence-corrected chi connectivity index (χ0v) is 21.4. The van der Waals surface area contributed by atoms with E-state index in [1.165, 1.54) is 10.4 Å². The zero-order valence-electron chi connectivity index (χ0n) is 20.6. The van der Waals surface area contributed by atoms with Crippen molar-refractivity contribution in [3.63, 3.8) is 0 Å². The second-order valence-corrected chi connectivity index (χ2v) is 10.5. The maximum atomic E-state index is 13.6. The summed E-state index contributed by atoms with van der Waals surface area (Å²) in [6.07, 6.45) is 1.02. The number of nitrogens with zero attached hydrogens (tertiary/aromatic N) is 2. The lowest BCUT2D eigenvalue weighted by atomic mass is 9.97. The fourth-order valence-corrected chi connectivity index (χ4v) is 5.60. The zero-order chi connectivity index (χ0) is 25.4. The van der Waals surface area contributed by atoms with Crippen LogP contribution in [-0.4, -0.2) is 62.3 Å². The van der Waals surface area contributed by atoms with Crippen molar-refractivity contribution in [2.75, 3.05) is 32.8 Å². The average molecular weight is 503 g/mol. The van der Waals surface area contributed by atoms with E-state index >= 15 is 0 Å². The van der Waals surface area contributed by atoms with Gasteiger partial charge in [-0.05, 0) is 62.9 Å². The lowest BCUT2D eigenvalue weighted by Crippen LogP contribution is -2.46. The molecule has 0 atom stereocenters. The smallest absolute Gasteiger partial charge is 0.309 e. The Balaban J connectivity index is 1.79. The van der Waals surface area contributed by atoms with E-state index in [1.807, 2.05) is 37.3 Å². The van der Waals surface area contributed by atoms with Gasteiger partial charge in [0.15, 0.2) is 0 Å². The molecule has 2 aromatic rings. The molecule has 1 aliphatic heterocycles. The monoisotopic (exact) mass is 502 g/mol. The number of ether oxygens (including phenoxy) is 2. The first-order valence-corrected chi connectivity index (χ1v) is 13.4. The molecular weight excluding hydrogens is 468 g/mol. The van der Waals surface area contributed by atoms with Crippen LogP contribution in [0, 0.1) is 12.8 Å². The number of carbonyl (C=O) groups is 2. The van der Waals surface area contributed by atoms with Crippen molar-refractivity contribution in [3.05, 3.63) is 59.7 Å². The molecule has 1 aliphatic rings. The Kier molecular flexibility index (Phi) is 9.28. The van der Waals surface area contributed by atoms with Crippen LogP contribution in [0.4, 0.5) is 0 Å². The highest BCUT2D eigenvalue weighted by atomic mass is 32.2. The van der Waals surface area contributed by atoms with E-state index < -0.39 is 10.0 Å². The van der Waals surface area contributed by atoms with Gasteiger partial charge in [0.05, 0.1) is 30.6 Å². The van der Waals surface area contributed by atoms with Crippen LogP contribution < -0.4 is 4.74 Å². The molecule has 0 bridgehead atoms. The number of hydrogen-bond donors (Lipinski definition) is 0. The normalized spacial score (nSPS) is 14.7. The fourth-order valence-electron chi connectivity index (χ4n) is 4.14. The van der Waals surface area contributed by atoms with Crippen molar-refractivity contribution in [2.45, 2.75) is 45.1 Å². The van der Waals surface area contributed by atoms with Crippen molar-refractivity contribution in [2.24, 2.45) is 5.92 Å². The Bertz CT molecular complexity index is 1110. The first-order chi connectivity index (χ1) is 16.8. The van der Waals surface area contributed by atoms with Crippen LogP contribution in [0.15, 0.2) is 53.4 Å². The van der Waals surface area contributed by atoms with Crippen LogP contribution in [0.2, 0.25) is 0 Å². The maximum Gasteiger partial charge on any atom is 0.309 e. The van der Waals surface area contributed by atoms with E-state index in [4.69, 9.17) is 9.47 Å². The standard InChI is InChI=1S/C26H34N2O6S/c1-4-33-24-12-11-23(17-20(24)3)35(31,32)28(18-21-9-7-6-8-10-21)19-25(29)27-15-13-22(14-16-27)26(30)34-5-2/h6-12,17,22H,4-5,13-16,18-19H2,1-3H3. The Labute approximate surface area is 207 Å². The highest BCUT2D eigenvalue weighted by Gasteiger charge is 2.32. The molecule has 8 nitrogen and oxygen atoms in total. The van der Waals surface area contributed by atoms with Crippen molar-refractivity contribution < 1.29 is 27.5 Å². The number of amides is 1. The molecule has 3 rings (SSSR count). The summed E-state index contributed by atoms with van der Waals surface area (Å²) >= 11 is 0. The lowest BCUT2D eigenvalue weighted by molar-refractivity contribution is -0.151. The minimum atomic E-state index is -3.96. The second kappa shape index (κ2) is 12.2. The first-order valence-electron chi connectivity index (χ1n) is 12.0. The number of esters is 1. The SMILES string of the molecule is CCOC(=O)C1CCN(C(=O)CN(Cc2ccccc2)S(=O)(=O)c2ccc(OCC)c(C)c2)CC1. The van der Waals surface area contributed by atoms with Gasteiger partial charge in [0.25, 0.3) is 0 Å². The summed E-state index contributed by atoms with van der Waals surface area (Å²) in [7, 11) is -3.96. The van der Waals surface area contributed by atoms with E-state index in [0.29, 0.717) is 50.5 Å². The lowest BCUT2D eigenvalue weighted by Gasteiger charge is -2.32. The first kappa shape index (κ1) is 26.7. The Morgan fingerprint density at radius 1 is 1.03 bits per heavy atom. The summed E-state index contributed by atoms with van der Waals surface area (Å²) in [5, 5.41) is 0. The van der Waals surface area contributed by atoms with Gasteiger partial charge in [0.1, 0.15) is 5.75 Å². The molecule has 0 aromatic heterocycles. The molecule has 0 saturated carbocycles. The Morgan fingerprint density at radius 2 is 1.71 bits per heavy atom. The number of likely N-dealkylation sites (tertiary alicyclic amines) is 1. The predicted octanol–water partition coefficient (Wildman–Crippen LogP) is 3.39. The van der Waals surface area contributed by atoms with Crippen LogP contribution in [0.1, 0.15) is 37.8 Å². The molecule has 35 heavy (non-hydrogen) atoms. The quantitative estimate of drug-likeness (QED) is 0.463. The van der Waals surface area contributed by atoms with Crippen LogP contribution >= 0.6 is 0 Å². The van der Waals surface area contributed by atoms with Crippen molar-refractivity contribution in [1.29, 1.82) is 0 Å². The van der Waals surface area contributed by atoms with Crippen molar-refractivity contribution in [1.82, 2.24) is 9.21 Å². The third-order valence-electron chi connectivity index (χ3n) is 6.06. The highest BCUT2D eigenvalue weighted by molar-refractivity contribution is 7.89. The van der Waals surface area contributed by atoms with E-state index in [1.54, 1.807) is 30.9 Å². The molecule has 0 N–H and O–H groups in total. The van der Waals surface area contributed by atoms with E-state index in [2.05, 4.69) is 0 Å². The Morgan fingerprint density at radius 3 is 2.31 bits per heavy atom. The summed E-state index contributed by atoms with van der Waals surface area (Å²) in [5.74, 6) is -0.121. The van der Waals surface area contributed by atoms with Gasteiger partial charge in [0.2, 0.25) is 15.9 Å². The van der Waals surface area contributed by atoms with Gasteiger partial charge in [-0.2, -0.15) is 4.31 Å². The molecular formula is C26H34N2O6S. The van der Waals surface area contributed by atoms with E-state index in [0.717, 1.165) is 5.56 Å². The van der Waals surface area contributed by atoms with Gasteiger partial charge < -0.3 is 14.4 Å². The molecule has 2 aromatic carbocycles. The highest BCUT2D eigenvalue weighted by Crippen LogP contribution is 2.26. The summed E-state index contributed by atoms with van der Waals surface area (Å²) < 4.78 is 39.1. The predicted molar refractivity (Wildman–Crippen MR) is 132 cm³/mol. The number of piperidine rings is 1. The topological polar surface area (TPSA) is 93.2 Å². The van der Waals surface area contributed by atoms with Gasteiger partial charge in [0, 0.05) is 19.6 Å². The summed E-state index contributed by atoms with van der Waals surface area (Å²) in [4.78, 5) is 26.9. The van der Waals surface area contributed by atoms with Crippen LogP contribution in [0.25, 0.3) is 0 Å². The number of rotatable bonds is 10. The van der Waals surface area contributed by atoms with Crippen LogP contribution in [0.5, 0.6) is 5.75 Å². The van der Waals surface area contributed by atoms with Gasteiger partial charge in [-0.1, -0.05) is 30.3 Å². The number of benzene rings is 2. The molecule has 1 amide bonds. The second-order valence-electron chi connectivity index (χ2n) is 8.53. The summed E-state index contributed by atoms with van der Waals surface area (Å²) in [6.45, 7) is 6.81. The molecule has 0 aliphatic carbocycles. The number of hydrogen-bond acceptors (Lipinski definition) is 6. The molecule has 1 saturated heterocycles. The van der Waals surface area contributed by atoms with Crippen LogP contribution in [-0.2, 0) is 30.9 Å². The van der Waals surface area contributed by atoms with E-state index in [-0.39, 0.29) is 35.8 Å². The van der Waals surface area contributed by atoms with Gasteiger partial charge >= 0.3 is 5.97 Å². The van der Waals surface area contributed by atoms with Crippen molar-refractivity contribution >= 4 is 21.9 Å². The van der Waals surface area contributed by atoms with Gasteiger partial charge in [-0.25, -0.2) is 8.42 Å². The largest absolute Gasteiger partial charge is 0.494 e. The minimum absolute atomic E-state index is 0.0699. The Hall–Kier alpha value is -2.91. The molecule has 0 spiro atoms. The maximum absolute atomic E-state index is 13.6. The molecule has 0 unspecified atom stereocenters. The number of aryl methyl sites for hydroxylation is 1. The molecule has 1 heterocycles.